The minimum absolute atomic E-state index is 0.381. The Morgan fingerprint density at radius 1 is 1.31 bits per heavy atom. The summed E-state index contributed by atoms with van der Waals surface area (Å²) in [6, 6.07) is 0. The largest absolute Gasteiger partial charge is 0.287 e. The number of hydrogen-bond acceptors (Lipinski definition) is 1. The molecule has 0 heterocycles. The van der Waals surface area contributed by atoms with Gasteiger partial charge >= 0.3 is 0 Å². The first-order valence-electron chi connectivity index (χ1n) is 5.43. The Balaban J connectivity index is 2.18. The van der Waals surface area contributed by atoms with E-state index in [1.54, 1.807) is 0 Å². The quantitative estimate of drug-likeness (QED) is 0.567. The van der Waals surface area contributed by atoms with Crippen molar-refractivity contribution in [2.45, 2.75) is 51.9 Å². The van der Waals surface area contributed by atoms with Gasteiger partial charge in [0.2, 0.25) is 0 Å². The average Bonchev–Trinajstić information content (AvgIpc) is 2.15. The van der Waals surface area contributed by atoms with Crippen molar-refractivity contribution in [1.29, 1.82) is 0 Å². The summed E-state index contributed by atoms with van der Waals surface area (Å²) in [7, 11) is 0. The van der Waals surface area contributed by atoms with Gasteiger partial charge in [0.1, 0.15) is 0 Å². The molecular weight excluding hydrogens is 275 g/mol. The minimum atomic E-state index is 0.381. The zero-order valence-electron chi connectivity index (χ0n) is 8.39. The molecule has 0 N–H and O–H groups in total. The van der Waals surface area contributed by atoms with Crippen molar-refractivity contribution >= 4 is 26.4 Å². The van der Waals surface area contributed by atoms with Crippen molar-refractivity contribution in [2.24, 2.45) is 11.8 Å². The van der Waals surface area contributed by atoms with Crippen LogP contribution in [0.2, 0.25) is 0 Å². The Hall–Kier alpha value is 0.400. The van der Waals surface area contributed by atoms with Crippen molar-refractivity contribution < 1.29 is 4.79 Å². The Morgan fingerprint density at radius 3 is 2.38 bits per heavy atom. The number of halogens is 1. The lowest BCUT2D eigenvalue weighted by Crippen LogP contribution is -2.18. The Kier molecular flexibility index (Phi) is 5.29. The maximum Gasteiger partial charge on any atom is 0.195 e. The molecule has 0 aromatic carbocycles. The fraction of sp³-hybridized carbons (Fsp3) is 0.909. The maximum absolute atomic E-state index is 11.1. The second-order valence-corrected chi connectivity index (χ2v) is 5.23. The Labute approximate surface area is 94.8 Å². The molecule has 1 aliphatic rings. The highest BCUT2D eigenvalue weighted by Gasteiger charge is 2.23. The van der Waals surface area contributed by atoms with Crippen LogP contribution in [0.1, 0.15) is 51.9 Å². The molecule has 0 unspecified atom stereocenters. The summed E-state index contributed by atoms with van der Waals surface area (Å²) in [4.78, 5) is 11.1. The minimum Gasteiger partial charge on any atom is -0.287 e. The SMILES string of the molecule is CCCCC1CCC(C(=O)I)CC1. The molecule has 0 aromatic heterocycles. The third-order valence-corrected chi connectivity index (χ3v) is 4.01. The van der Waals surface area contributed by atoms with Crippen molar-refractivity contribution in [3.05, 3.63) is 0 Å². The molecule has 0 radical (unpaired) electrons. The normalized spacial score (nSPS) is 28.8. The first-order chi connectivity index (χ1) is 6.24. The lowest BCUT2D eigenvalue weighted by atomic mass is 9.80. The van der Waals surface area contributed by atoms with E-state index in [9.17, 15) is 4.79 Å². The van der Waals surface area contributed by atoms with Crippen LogP contribution in [0.5, 0.6) is 0 Å². The Bertz CT molecular complexity index is 159. The van der Waals surface area contributed by atoms with E-state index in [1.165, 1.54) is 32.1 Å². The van der Waals surface area contributed by atoms with Crippen molar-refractivity contribution in [2.75, 3.05) is 0 Å². The zero-order valence-corrected chi connectivity index (χ0v) is 10.5. The molecule has 2 heteroatoms. The van der Waals surface area contributed by atoms with E-state index in [0.29, 0.717) is 9.71 Å². The van der Waals surface area contributed by atoms with E-state index >= 15 is 0 Å². The van der Waals surface area contributed by atoms with Crippen LogP contribution in [0.15, 0.2) is 0 Å². The van der Waals surface area contributed by atoms with Gasteiger partial charge in [-0.15, -0.1) is 0 Å². The summed E-state index contributed by atoms with van der Waals surface area (Å²) < 4.78 is 0.381. The van der Waals surface area contributed by atoms with Gasteiger partial charge in [0.05, 0.1) is 0 Å². The number of carbonyl (C=O) groups is 1. The van der Waals surface area contributed by atoms with E-state index in [1.807, 2.05) is 22.6 Å². The number of unbranched alkanes of at least 4 members (excludes halogenated alkanes) is 1. The highest BCUT2D eigenvalue weighted by Crippen LogP contribution is 2.33. The van der Waals surface area contributed by atoms with Crippen LogP contribution in [0.4, 0.5) is 0 Å². The molecule has 1 aliphatic carbocycles. The lowest BCUT2D eigenvalue weighted by molar-refractivity contribution is -0.113. The van der Waals surface area contributed by atoms with Crippen LogP contribution in [0.25, 0.3) is 0 Å². The van der Waals surface area contributed by atoms with Crippen LogP contribution < -0.4 is 0 Å². The molecule has 0 bridgehead atoms. The zero-order chi connectivity index (χ0) is 9.68. The lowest BCUT2D eigenvalue weighted by Gasteiger charge is -2.26. The second-order valence-electron chi connectivity index (χ2n) is 4.16. The molecule has 0 spiro atoms. The third kappa shape index (κ3) is 3.96. The van der Waals surface area contributed by atoms with Crippen molar-refractivity contribution in [1.82, 2.24) is 0 Å². The predicted molar refractivity (Wildman–Crippen MR) is 64.0 cm³/mol. The molecule has 0 atom stereocenters. The van der Waals surface area contributed by atoms with Gasteiger partial charge < -0.3 is 0 Å². The molecule has 1 rings (SSSR count). The molecular formula is C11H19IO. The average molecular weight is 294 g/mol. The van der Waals surface area contributed by atoms with E-state index < -0.39 is 0 Å². The first-order valence-corrected chi connectivity index (χ1v) is 6.51. The predicted octanol–water partition coefficient (Wildman–Crippen LogP) is 3.94. The van der Waals surface area contributed by atoms with Crippen LogP contribution >= 0.6 is 22.6 Å². The van der Waals surface area contributed by atoms with Gasteiger partial charge in [0.15, 0.2) is 3.79 Å². The highest BCUT2D eigenvalue weighted by molar-refractivity contribution is 14.1. The highest BCUT2D eigenvalue weighted by atomic mass is 127. The van der Waals surface area contributed by atoms with Crippen LogP contribution in [0.3, 0.4) is 0 Å². The van der Waals surface area contributed by atoms with E-state index in [-0.39, 0.29) is 0 Å². The summed E-state index contributed by atoms with van der Waals surface area (Å²) in [6.07, 6.45) is 8.95. The van der Waals surface area contributed by atoms with Gasteiger partial charge in [0, 0.05) is 5.92 Å². The smallest absolute Gasteiger partial charge is 0.195 e. The summed E-state index contributed by atoms with van der Waals surface area (Å²) in [5, 5.41) is 0. The molecule has 1 saturated carbocycles. The summed E-state index contributed by atoms with van der Waals surface area (Å²) >= 11 is 1.96. The second kappa shape index (κ2) is 5.99. The van der Waals surface area contributed by atoms with Crippen LogP contribution in [-0.4, -0.2) is 3.79 Å². The van der Waals surface area contributed by atoms with Gasteiger partial charge in [-0.2, -0.15) is 0 Å². The van der Waals surface area contributed by atoms with Gasteiger partial charge in [-0.25, -0.2) is 0 Å². The fourth-order valence-corrected chi connectivity index (χ4v) is 2.79. The van der Waals surface area contributed by atoms with Gasteiger partial charge in [-0.05, 0) is 54.2 Å². The Morgan fingerprint density at radius 2 is 1.92 bits per heavy atom. The van der Waals surface area contributed by atoms with E-state index in [2.05, 4.69) is 6.92 Å². The third-order valence-electron chi connectivity index (χ3n) is 3.13. The van der Waals surface area contributed by atoms with Crippen molar-refractivity contribution in [3.8, 4) is 0 Å². The molecule has 13 heavy (non-hydrogen) atoms. The molecule has 0 aliphatic heterocycles. The summed E-state index contributed by atoms with van der Waals surface area (Å²) in [5.41, 5.74) is 0. The topological polar surface area (TPSA) is 17.1 Å². The standard InChI is InChI=1S/C11H19IO/c1-2-3-4-9-5-7-10(8-6-9)11(12)13/h9-10H,2-8H2,1H3. The van der Waals surface area contributed by atoms with Crippen LogP contribution in [-0.2, 0) is 4.79 Å². The molecule has 1 nitrogen and oxygen atoms in total. The monoisotopic (exact) mass is 294 g/mol. The van der Waals surface area contributed by atoms with Gasteiger partial charge in [-0.1, -0.05) is 26.2 Å². The number of hydrogen-bond donors (Lipinski definition) is 0. The molecule has 76 valence electrons. The fourth-order valence-electron chi connectivity index (χ4n) is 2.17. The molecule has 0 saturated heterocycles. The molecule has 0 aromatic rings. The van der Waals surface area contributed by atoms with Crippen LogP contribution in [0, 0.1) is 11.8 Å². The molecule has 0 amide bonds. The summed E-state index contributed by atoms with van der Waals surface area (Å²) in [6.45, 7) is 2.25. The van der Waals surface area contributed by atoms with E-state index in [4.69, 9.17) is 0 Å². The molecule has 1 fully saturated rings. The maximum atomic E-state index is 11.1. The first kappa shape index (κ1) is 11.5. The summed E-state index contributed by atoms with van der Waals surface area (Å²) in [5.74, 6) is 1.31. The number of carbonyl (C=O) groups excluding carboxylic acids is 1. The van der Waals surface area contributed by atoms with E-state index in [0.717, 1.165) is 18.8 Å². The number of rotatable bonds is 4. The van der Waals surface area contributed by atoms with Gasteiger partial charge in [-0.3, -0.25) is 4.79 Å². The van der Waals surface area contributed by atoms with Crippen molar-refractivity contribution in [3.63, 3.8) is 0 Å². The van der Waals surface area contributed by atoms with Gasteiger partial charge in [0.25, 0.3) is 0 Å².